The fraction of sp³-hybridized carbons (Fsp3) is 0.200. The zero-order chi connectivity index (χ0) is 21.5. The monoisotopic (exact) mass is 410 g/mol. The summed E-state index contributed by atoms with van der Waals surface area (Å²) in [6.07, 6.45) is 1.63. The van der Waals surface area contributed by atoms with Crippen LogP contribution in [0.15, 0.2) is 47.6 Å². The number of nitrogens with zero attached hydrogens (tertiary/aromatic N) is 4. The Morgan fingerprint density at radius 3 is 2.30 bits per heavy atom. The Morgan fingerprint density at radius 1 is 1.03 bits per heavy atom. The summed E-state index contributed by atoms with van der Waals surface area (Å²) < 4.78 is 17.3. The molecular formula is C20H22N6O4. The third-order valence-corrected chi connectivity index (χ3v) is 4.14. The highest BCUT2D eigenvalue weighted by atomic mass is 16.5. The number of anilines is 1. The fourth-order valence-corrected chi connectivity index (χ4v) is 2.65. The second-order valence-corrected chi connectivity index (χ2v) is 6.04. The number of hydrogen-bond donors (Lipinski definition) is 2. The van der Waals surface area contributed by atoms with Crippen LogP contribution in [0.5, 0.6) is 17.2 Å². The SMILES string of the molecule is COc1cc(C(=O)Nn2c(C)nnc2N/N=C\c2ccccc2)cc(OC)c1OC. The summed E-state index contributed by atoms with van der Waals surface area (Å²) in [4.78, 5) is 12.8. The summed E-state index contributed by atoms with van der Waals surface area (Å²) in [5, 5.41) is 12.1. The van der Waals surface area contributed by atoms with Gasteiger partial charge in [0, 0.05) is 5.56 Å². The van der Waals surface area contributed by atoms with E-state index in [-0.39, 0.29) is 5.95 Å². The Kier molecular flexibility index (Phi) is 6.48. The molecule has 2 N–H and O–H groups in total. The van der Waals surface area contributed by atoms with E-state index in [9.17, 15) is 4.79 Å². The molecule has 0 unspecified atom stereocenters. The van der Waals surface area contributed by atoms with Gasteiger partial charge in [0.15, 0.2) is 17.3 Å². The van der Waals surface area contributed by atoms with Crippen LogP contribution in [0, 0.1) is 6.92 Å². The van der Waals surface area contributed by atoms with Crippen molar-refractivity contribution in [2.45, 2.75) is 6.92 Å². The smallest absolute Gasteiger partial charge is 0.270 e. The fourth-order valence-electron chi connectivity index (χ4n) is 2.65. The quantitative estimate of drug-likeness (QED) is 0.433. The average Bonchev–Trinajstić information content (AvgIpc) is 3.12. The molecule has 1 amide bonds. The van der Waals surface area contributed by atoms with Crippen molar-refractivity contribution in [3.63, 3.8) is 0 Å². The van der Waals surface area contributed by atoms with E-state index in [1.54, 1.807) is 25.3 Å². The van der Waals surface area contributed by atoms with Gasteiger partial charge in [-0.2, -0.15) is 5.10 Å². The van der Waals surface area contributed by atoms with Gasteiger partial charge in [-0.3, -0.25) is 10.2 Å². The molecule has 10 heteroatoms. The molecule has 0 aliphatic heterocycles. The summed E-state index contributed by atoms with van der Waals surface area (Å²) in [7, 11) is 4.46. The minimum absolute atomic E-state index is 0.250. The van der Waals surface area contributed by atoms with Gasteiger partial charge >= 0.3 is 0 Å². The maximum Gasteiger partial charge on any atom is 0.270 e. The summed E-state index contributed by atoms with van der Waals surface area (Å²) in [5.41, 5.74) is 6.72. The van der Waals surface area contributed by atoms with Crippen molar-refractivity contribution >= 4 is 18.1 Å². The highest BCUT2D eigenvalue weighted by molar-refractivity contribution is 6.01. The topological polar surface area (TPSA) is 112 Å². The first-order valence-electron chi connectivity index (χ1n) is 8.95. The maximum atomic E-state index is 12.8. The number of nitrogens with one attached hydrogen (secondary N) is 2. The van der Waals surface area contributed by atoms with Gasteiger partial charge in [0.2, 0.25) is 5.75 Å². The molecule has 1 heterocycles. The normalized spacial score (nSPS) is 10.7. The number of amides is 1. The molecule has 0 spiro atoms. The van der Waals surface area contributed by atoms with Crippen LogP contribution in [0.4, 0.5) is 5.95 Å². The zero-order valence-corrected chi connectivity index (χ0v) is 17.0. The lowest BCUT2D eigenvalue weighted by Gasteiger charge is -2.15. The minimum atomic E-state index is -0.424. The first-order chi connectivity index (χ1) is 14.6. The molecule has 0 fully saturated rings. The van der Waals surface area contributed by atoms with Crippen LogP contribution in [0.2, 0.25) is 0 Å². The van der Waals surface area contributed by atoms with E-state index in [2.05, 4.69) is 26.2 Å². The minimum Gasteiger partial charge on any atom is -0.493 e. The van der Waals surface area contributed by atoms with Gasteiger partial charge in [-0.1, -0.05) is 30.3 Å². The number of hydrogen-bond acceptors (Lipinski definition) is 8. The molecular weight excluding hydrogens is 388 g/mol. The Morgan fingerprint density at radius 2 is 1.70 bits per heavy atom. The number of hydrazone groups is 1. The molecule has 0 saturated heterocycles. The molecule has 0 aliphatic carbocycles. The number of methoxy groups -OCH3 is 3. The number of benzene rings is 2. The van der Waals surface area contributed by atoms with Crippen LogP contribution in [0.25, 0.3) is 0 Å². The van der Waals surface area contributed by atoms with Gasteiger partial charge < -0.3 is 14.2 Å². The summed E-state index contributed by atoms with van der Waals surface area (Å²) >= 11 is 0. The largest absolute Gasteiger partial charge is 0.493 e. The molecule has 156 valence electrons. The lowest BCUT2D eigenvalue weighted by Crippen LogP contribution is -2.25. The Labute approximate surface area is 173 Å². The predicted molar refractivity (Wildman–Crippen MR) is 112 cm³/mol. The van der Waals surface area contributed by atoms with Gasteiger partial charge in [0.1, 0.15) is 0 Å². The van der Waals surface area contributed by atoms with Crippen LogP contribution < -0.4 is 25.1 Å². The number of carbonyl (C=O) groups excluding carboxylic acids is 1. The second-order valence-electron chi connectivity index (χ2n) is 6.04. The predicted octanol–water partition coefficient (Wildman–Crippen LogP) is 2.44. The highest BCUT2D eigenvalue weighted by Crippen LogP contribution is 2.38. The van der Waals surface area contributed by atoms with E-state index in [0.29, 0.717) is 28.6 Å². The highest BCUT2D eigenvalue weighted by Gasteiger charge is 2.19. The molecule has 0 saturated carbocycles. The standard InChI is InChI=1S/C20H22N6O4/c1-13-22-24-20(23-21-12-14-8-6-5-7-9-14)26(13)25-19(27)15-10-16(28-2)18(30-4)17(11-15)29-3/h5-12H,1-4H3,(H,23,24)(H,25,27)/b21-12-. The molecule has 3 aromatic rings. The van der Waals surface area contributed by atoms with Crippen molar-refractivity contribution in [3.8, 4) is 17.2 Å². The van der Waals surface area contributed by atoms with Gasteiger partial charge in [0.05, 0.1) is 27.5 Å². The number of ether oxygens (including phenoxy) is 3. The first kappa shape index (κ1) is 20.6. The molecule has 0 radical (unpaired) electrons. The van der Waals surface area contributed by atoms with Crippen molar-refractivity contribution in [2.24, 2.45) is 5.10 Å². The van der Waals surface area contributed by atoms with Crippen LogP contribution in [0.3, 0.4) is 0 Å². The summed E-state index contributed by atoms with van der Waals surface area (Å²) in [5.74, 6) is 1.43. The molecule has 0 aliphatic rings. The van der Waals surface area contributed by atoms with E-state index < -0.39 is 5.91 Å². The van der Waals surface area contributed by atoms with Crippen molar-refractivity contribution in [1.82, 2.24) is 14.9 Å². The van der Waals surface area contributed by atoms with Gasteiger partial charge in [-0.05, 0) is 24.6 Å². The van der Waals surface area contributed by atoms with Crippen LogP contribution in [-0.4, -0.2) is 48.3 Å². The lowest BCUT2D eigenvalue weighted by atomic mass is 10.1. The van der Waals surface area contributed by atoms with E-state index >= 15 is 0 Å². The zero-order valence-electron chi connectivity index (χ0n) is 17.0. The van der Waals surface area contributed by atoms with Crippen molar-refractivity contribution < 1.29 is 19.0 Å². The molecule has 1 aromatic heterocycles. The number of aromatic nitrogens is 3. The average molecular weight is 410 g/mol. The number of rotatable bonds is 8. The van der Waals surface area contributed by atoms with Gasteiger partial charge in [-0.15, -0.1) is 10.2 Å². The van der Waals surface area contributed by atoms with Crippen molar-refractivity contribution in [3.05, 3.63) is 59.4 Å². The van der Waals surface area contributed by atoms with Crippen LogP contribution >= 0.6 is 0 Å². The van der Waals surface area contributed by atoms with Crippen LogP contribution in [0.1, 0.15) is 21.7 Å². The molecule has 10 nitrogen and oxygen atoms in total. The van der Waals surface area contributed by atoms with Gasteiger partial charge in [0.25, 0.3) is 11.9 Å². The van der Waals surface area contributed by atoms with E-state index in [0.717, 1.165) is 5.56 Å². The molecule has 0 bridgehead atoms. The number of carbonyl (C=O) groups is 1. The first-order valence-corrected chi connectivity index (χ1v) is 8.95. The molecule has 30 heavy (non-hydrogen) atoms. The molecule has 2 aromatic carbocycles. The number of aryl methyl sites for hydroxylation is 1. The lowest BCUT2D eigenvalue weighted by molar-refractivity contribution is 0.101. The Bertz CT molecular complexity index is 1020. The third kappa shape index (κ3) is 4.49. The Balaban J connectivity index is 1.81. The Hall–Kier alpha value is -4.08. The van der Waals surface area contributed by atoms with Gasteiger partial charge in [-0.25, -0.2) is 10.1 Å². The second kappa shape index (κ2) is 9.41. The summed E-state index contributed by atoms with van der Waals surface area (Å²) in [6.45, 7) is 1.70. The molecule has 3 rings (SSSR count). The maximum absolute atomic E-state index is 12.8. The van der Waals surface area contributed by atoms with E-state index in [1.807, 2.05) is 30.3 Å². The summed E-state index contributed by atoms with van der Waals surface area (Å²) in [6, 6.07) is 12.7. The van der Waals surface area contributed by atoms with Crippen molar-refractivity contribution in [1.29, 1.82) is 0 Å². The molecule has 0 atom stereocenters. The van der Waals surface area contributed by atoms with Crippen molar-refractivity contribution in [2.75, 3.05) is 32.2 Å². The van der Waals surface area contributed by atoms with E-state index in [1.165, 1.54) is 26.0 Å². The third-order valence-electron chi connectivity index (χ3n) is 4.14. The van der Waals surface area contributed by atoms with E-state index in [4.69, 9.17) is 14.2 Å². The van der Waals surface area contributed by atoms with Crippen LogP contribution in [-0.2, 0) is 0 Å².